The first-order valence-corrected chi connectivity index (χ1v) is 6.37. The number of benzene rings is 2. The Kier molecular flexibility index (Phi) is 3.53. The second-order valence-corrected chi connectivity index (χ2v) is 5.20. The lowest BCUT2D eigenvalue weighted by Crippen LogP contribution is -1.92. The van der Waals surface area contributed by atoms with Gasteiger partial charge in [-0.15, -0.1) is 0 Å². The molecule has 17 heavy (non-hydrogen) atoms. The van der Waals surface area contributed by atoms with Gasteiger partial charge in [0, 0.05) is 4.47 Å². The van der Waals surface area contributed by atoms with E-state index in [1.165, 1.54) is 16.7 Å². The molecule has 0 bridgehead atoms. The lowest BCUT2D eigenvalue weighted by atomic mass is 10.1. The van der Waals surface area contributed by atoms with Crippen molar-refractivity contribution < 1.29 is 4.74 Å². The van der Waals surface area contributed by atoms with Gasteiger partial charge in [-0.25, -0.2) is 0 Å². The molecule has 0 unspecified atom stereocenters. The largest absolute Gasteiger partial charge is 0.457 e. The van der Waals surface area contributed by atoms with Crippen molar-refractivity contribution in [1.29, 1.82) is 0 Å². The minimum absolute atomic E-state index is 0.856. The van der Waals surface area contributed by atoms with Crippen LogP contribution in [0.1, 0.15) is 16.7 Å². The predicted molar refractivity (Wildman–Crippen MR) is 74.9 cm³/mol. The number of hydrogen-bond acceptors (Lipinski definition) is 1. The normalized spacial score (nSPS) is 10.4. The van der Waals surface area contributed by atoms with Crippen LogP contribution in [0.2, 0.25) is 0 Å². The topological polar surface area (TPSA) is 9.23 Å². The second-order valence-electron chi connectivity index (χ2n) is 4.29. The molecule has 0 aliphatic heterocycles. The van der Waals surface area contributed by atoms with E-state index in [0.29, 0.717) is 0 Å². The number of aryl methyl sites for hydroxylation is 3. The van der Waals surface area contributed by atoms with Crippen molar-refractivity contribution in [2.45, 2.75) is 20.8 Å². The van der Waals surface area contributed by atoms with Gasteiger partial charge in [0.2, 0.25) is 0 Å². The molecule has 0 atom stereocenters. The van der Waals surface area contributed by atoms with Crippen LogP contribution in [0.5, 0.6) is 11.5 Å². The van der Waals surface area contributed by atoms with E-state index in [4.69, 9.17) is 4.74 Å². The van der Waals surface area contributed by atoms with Gasteiger partial charge in [-0.1, -0.05) is 39.7 Å². The molecule has 0 amide bonds. The second kappa shape index (κ2) is 4.92. The Labute approximate surface area is 111 Å². The molecule has 0 saturated carbocycles. The Morgan fingerprint density at radius 3 is 2.18 bits per heavy atom. The monoisotopic (exact) mass is 290 g/mol. The van der Waals surface area contributed by atoms with E-state index in [2.05, 4.69) is 48.8 Å². The molecule has 0 N–H and O–H groups in total. The summed E-state index contributed by atoms with van der Waals surface area (Å²) in [5.74, 6) is 1.81. The Bertz CT molecular complexity index is 523. The first-order valence-electron chi connectivity index (χ1n) is 5.57. The van der Waals surface area contributed by atoms with Crippen LogP contribution in [-0.4, -0.2) is 0 Å². The third kappa shape index (κ3) is 2.89. The molecule has 0 spiro atoms. The van der Waals surface area contributed by atoms with Crippen molar-refractivity contribution in [2.75, 3.05) is 0 Å². The van der Waals surface area contributed by atoms with Crippen molar-refractivity contribution in [3.05, 3.63) is 57.6 Å². The molecule has 0 radical (unpaired) electrons. The summed E-state index contributed by atoms with van der Waals surface area (Å²) in [6.07, 6.45) is 0. The molecule has 0 fully saturated rings. The molecule has 2 rings (SSSR count). The fourth-order valence-electron chi connectivity index (χ4n) is 1.98. The number of halogens is 1. The summed E-state index contributed by atoms with van der Waals surface area (Å²) in [6.45, 7) is 6.25. The van der Waals surface area contributed by atoms with Gasteiger partial charge in [0.15, 0.2) is 0 Å². The average molecular weight is 291 g/mol. The van der Waals surface area contributed by atoms with Crippen LogP contribution in [0.25, 0.3) is 0 Å². The van der Waals surface area contributed by atoms with Crippen molar-refractivity contribution in [3.8, 4) is 11.5 Å². The van der Waals surface area contributed by atoms with Crippen LogP contribution in [0.4, 0.5) is 0 Å². The van der Waals surface area contributed by atoms with Gasteiger partial charge in [0.1, 0.15) is 11.5 Å². The van der Waals surface area contributed by atoms with Gasteiger partial charge in [0.25, 0.3) is 0 Å². The van der Waals surface area contributed by atoms with Gasteiger partial charge in [-0.3, -0.25) is 0 Å². The van der Waals surface area contributed by atoms with Crippen molar-refractivity contribution in [1.82, 2.24) is 0 Å². The Morgan fingerprint density at radius 2 is 1.59 bits per heavy atom. The van der Waals surface area contributed by atoms with Crippen molar-refractivity contribution >= 4 is 15.9 Å². The van der Waals surface area contributed by atoms with Gasteiger partial charge in [-0.2, -0.15) is 0 Å². The third-order valence-electron chi connectivity index (χ3n) is 2.62. The minimum atomic E-state index is 0.856. The maximum absolute atomic E-state index is 5.95. The summed E-state index contributed by atoms with van der Waals surface area (Å²) < 4.78 is 6.97. The smallest absolute Gasteiger partial charge is 0.133 e. The summed E-state index contributed by atoms with van der Waals surface area (Å²) in [4.78, 5) is 0. The van der Waals surface area contributed by atoms with Gasteiger partial charge in [-0.05, 0) is 50.1 Å². The zero-order valence-corrected chi connectivity index (χ0v) is 11.8. The van der Waals surface area contributed by atoms with Crippen LogP contribution in [0.15, 0.2) is 40.9 Å². The van der Waals surface area contributed by atoms with E-state index >= 15 is 0 Å². The lowest BCUT2D eigenvalue weighted by molar-refractivity contribution is 0.474. The molecule has 88 valence electrons. The van der Waals surface area contributed by atoms with Crippen LogP contribution < -0.4 is 4.74 Å². The quantitative estimate of drug-likeness (QED) is 0.742. The number of ether oxygens (including phenoxy) is 1. The van der Waals surface area contributed by atoms with Crippen LogP contribution in [0, 0.1) is 20.8 Å². The van der Waals surface area contributed by atoms with Gasteiger partial charge in [0.05, 0.1) is 0 Å². The molecule has 0 aliphatic carbocycles. The molecule has 0 aliphatic rings. The van der Waals surface area contributed by atoms with E-state index in [-0.39, 0.29) is 0 Å². The van der Waals surface area contributed by atoms with E-state index in [0.717, 1.165) is 16.0 Å². The Hall–Kier alpha value is -1.28. The third-order valence-corrected chi connectivity index (χ3v) is 3.11. The summed E-state index contributed by atoms with van der Waals surface area (Å²) in [5, 5.41) is 0. The van der Waals surface area contributed by atoms with Crippen molar-refractivity contribution in [3.63, 3.8) is 0 Å². The molecule has 0 saturated heterocycles. The van der Waals surface area contributed by atoms with E-state index in [9.17, 15) is 0 Å². The molecule has 2 aromatic carbocycles. The number of rotatable bonds is 2. The number of hydrogen-bond donors (Lipinski definition) is 0. The summed E-state index contributed by atoms with van der Waals surface area (Å²) in [5.41, 5.74) is 3.60. The van der Waals surface area contributed by atoms with Crippen molar-refractivity contribution in [2.24, 2.45) is 0 Å². The highest BCUT2D eigenvalue weighted by Crippen LogP contribution is 2.30. The highest BCUT2D eigenvalue weighted by molar-refractivity contribution is 9.10. The first-order chi connectivity index (χ1) is 8.06. The fourth-order valence-corrected chi connectivity index (χ4v) is 2.35. The zero-order chi connectivity index (χ0) is 12.4. The molecular formula is C15H15BrO. The first kappa shape index (κ1) is 12.2. The summed E-state index contributed by atoms with van der Waals surface area (Å²) in [6, 6.07) is 12.2. The SMILES string of the molecule is Cc1cc(C)c(Oc2cccc(Br)c2)c(C)c1. The molecule has 2 aromatic rings. The highest BCUT2D eigenvalue weighted by atomic mass is 79.9. The summed E-state index contributed by atoms with van der Waals surface area (Å²) in [7, 11) is 0. The van der Waals surface area contributed by atoms with E-state index < -0.39 is 0 Å². The Balaban J connectivity index is 2.36. The molecule has 2 heteroatoms. The standard InChI is InChI=1S/C15H15BrO/c1-10-7-11(2)15(12(3)8-10)17-14-6-4-5-13(16)9-14/h4-9H,1-3H3. The predicted octanol–water partition coefficient (Wildman–Crippen LogP) is 5.17. The average Bonchev–Trinajstić information content (AvgIpc) is 2.23. The molecule has 0 aromatic heterocycles. The highest BCUT2D eigenvalue weighted by Gasteiger charge is 2.06. The van der Waals surface area contributed by atoms with E-state index in [1.54, 1.807) is 0 Å². The minimum Gasteiger partial charge on any atom is -0.457 e. The Morgan fingerprint density at radius 1 is 0.941 bits per heavy atom. The maximum Gasteiger partial charge on any atom is 0.133 e. The fraction of sp³-hybridized carbons (Fsp3) is 0.200. The lowest BCUT2D eigenvalue weighted by Gasteiger charge is -2.12. The molecule has 1 nitrogen and oxygen atoms in total. The van der Waals surface area contributed by atoms with E-state index in [1.807, 2.05) is 24.3 Å². The van der Waals surface area contributed by atoms with Crippen LogP contribution in [-0.2, 0) is 0 Å². The maximum atomic E-state index is 5.95. The van der Waals surface area contributed by atoms with Crippen LogP contribution >= 0.6 is 15.9 Å². The molecule has 0 heterocycles. The van der Waals surface area contributed by atoms with Gasteiger partial charge < -0.3 is 4.74 Å². The summed E-state index contributed by atoms with van der Waals surface area (Å²) >= 11 is 3.44. The zero-order valence-electron chi connectivity index (χ0n) is 10.3. The van der Waals surface area contributed by atoms with Crippen LogP contribution in [0.3, 0.4) is 0 Å². The van der Waals surface area contributed by atoms with Gasteiger partial charge >= 0.3 is 0 Å². The molecular weight excluding hydrogens is 276 g/mol.